The van der Waals surface area contributed by atoms with Gasteiger partial charge in [-0.15, -0.1) is 0 Å². The molecular weight excluding hydrogens is 579 g/mol. The van der Waals surface area contributed by atoms with Gasteiger partial charge in [0.05, 0.1) is 12.0 Å². The molecule has 0 bridgehead atoms. The SMILES string of the molecule is COC(=O)N[C@H]1CCC[C@@H]1[C@](CN1CCC1)(c1cccc(F)c1)C1CCN(CC2(C)CN(c3ccc([SH](=O)=O)cc3)C2)CC1. The van der Waals surface area contributed by atoms with Crippen LogP contribution in [0, 0.1) is 23.1 Å². The Morgan fingerprint density at radius 3 is 2.34 bits per heavy atom. The smallest absolute Gasteiger partial charge is 0.407 e. The van der Waals surface area contributed by atoms with E-state index in [4.69, 9.17) is 4.74 Å². The Hall–Kier alpha value is -2.69. The van der Waals surface area contributed by atoms with E-state index in [0.29, 0.717) is 10.8 Å². The summed E-state index contributed by atoms with van der Waals surface area (Å²) in [5.74, 6) is 0.398. The highest BCUT2D eigenvalue weighted by Crippen LogP contribution is 2.51. The van der Waals surface area contributed by atoms with Gasteiger partial charge in [-0.05, 0) is 112 Å². The predicted molar refractivity (Wildman–Crippen MR) is 170 cm³/mol. The number of methoxy groups -OCH3 is 1. The second-order valence-electron chi connectivity index (χ2n) is 14.0. The number of likely N-dealkylation sites (tertiary alicyclic amines) is 2. The van der Waals surface area contributed by atoms with Gasteiger partial charge in [0.1, 0.15) is 5.82 Å². The average molecular weight is 627 g/mol. The summed E-state index contributed by atoms with van der Waals surface area (Å²) in [6, 6.07) is 14.5. The van der Waals surface area contributed by atoms with Gasteiger partial charge in [0.15, 0.2) is 10.7 Å². The van der Waals surface area contributed by atoms with E-state index in [9.17, 15) is 17.6 Å². The van der Waals surface area contributed by atoms with E-state index in [-0.39, 0.29) is 34.7 Å². The number of hydrogen-bond donors (Lipinski definition) is 2. The first-order chi connectivity index (χ1) is 21.2. The molecule has 1 saturated carbocycles. The van der Waals surface area contributed by atoms with Crippen molar-refractivity contribution in [3.63, 3.8) is 0 Å². The number of amides is 1. The Bertz CT molecular complexity index is 1380. The molecule has 3 aliphatic heterocycles. The molecule has 1 N–H and O–H groups in total. The molecule has 6 rings (SSSR count). The van der Waals surface area contributed by atoms with Gasteiger partial charge in [0.2, 0.25) is 0 Å². The van der Waals surface area contributed by atoms with Crippen LogP contribution in [0.1, 0.15) is 51.0 Å². The van der Waals surface area contributed by atoms with Gasteiger partial charge in [0.25, 0.3) is 0 Å². The summed E-state index contributed by atoms with van der Waals surface area (Å²) in [6.45, 7) is 10.3. The van der Waals surface area contributed by atoms with E-state index in [2.05, 4.69) is 33.0 Å². The molecule has 0 aromatic heterocycles. The summed E-state index contributed by atoms with van der Waals surface area (Å²) in [4.78, 5) is 20.2. The molecule has 0 radical (unpaired) electrons. The van der Waals surface area contributed by atoms with Crippen molar-refractivity contribution < 1.29 is 22.3 Å². The van der Waals surface area contributed by atoms with Crippen molar-refractivity contribution in [2.75, 3.05) is 64.4 Å². The maximum atomic E-state index is 14.9. The Labute approximate surface area is 262 Å². The molecule has 4 aliphatic rings. The number of nitrogens with one attached hydrogen (secondary N) is 1. The number of carbonyl (C=O) groups is 1. The molecule has 10 heteroatoms. The summed E-state index contributed by atoms with van der Waals surface area (Å²) < 4.78 is 42.5. The lowest BCUT2D eigenvalue weighted by atomic mass is 9.57. The largest absolute Gasteiger partial charge is 0.453 e. The van der Waals surface area contributed by atoms with E-state index < -0.39 is 10.7 Å². The molecule has 44 heavy (non-hydrogen) atoms. The number of rotatable bonds is 10. The van der Waals surface area contributed by atoms with Crippen molar-refractivity contribution in [2.45, 2.75) is 61.8 Å². The minimum absolute atomic E-state index is 0.00761. The lowest BCUT2D eigenvalue weighted by Crippen LogP contribution is -2.62. The number of alkyl carbamates (subject to hydrolysis) is 1. The maximum absolute atomic E-state index is 14.9. The summed E-state index contributed by atoms with van der Waals surface area (Å²) in [6.07, 6.45) is 5.88. The number of thiol groups is 1. The Morgan fingerprint density at radius 1 is 1.00 bits per heavy atom. The zero-order valence-corrected chi connectivity index (χ0v) is 26.9. The van der Waals surface area contributed by atoms with Crippen LogP contribution in [0.4, 0.5) is 14.9 Å². The van der Waals surface area contributed by atoms with Crippen molar-refractivity contribution >= 4 is 22.5 Å². The first-order valence-corrected chi connectivity index (χ1v) is 17.4. The second kappa shape index (κ2) is 13.0. The van der Waals surface area contributed by atoms with Crippen LogP contribution in [0.5, 0.6) is 0 Å². The van der Waals surface area contributed by atoms with Crippen LogP contribution < -0.4 is 10.2 Å². The zero-order chi connectivity index (χ0) is 30.9. The first kappa shape index (κ1) is 31.3. The quantitative estimate of drug-likeness (QED) is 0.376. The number of hydrogen-bond acceptors (Lipinski definition) is 7. The third kappa shape index (κ3) is 6.35. The van der Waals surface area contributed by atoms with Gasteiger partial charge in [-0.25, -0.2) is 17.6 Å². The van der Waals surface area contributed by atoms with Crippen LogP contribution in [-0.4, -0.2) is 89.8 Å². The van der Waals surface area contributed by atoms with Crippen molar-refractivity contribution in [3.8, 4) is 0 Å². The van der Waals surface area contributed by atoms with Crippen LogP contribution in [0.3, 0.4) is 0 Å². The van der Waals surface area contributed by atoms with Crippen LogP contribution in [-0.2, 0) is 20.9 Å². The standard InChI is InChI=1S/C34H47FN4O4S/c1-33(22-39(23-33)28-10-12-29(13-11-28)44(41)42)21-38-18-14-25(15-19-38)34(24-37-16-5-17-37,26-6-3-7-27(35)20-26)30-8-4-9-31(30)36-32(40)43-2/h3,6-7,10-13,20,25,30-31,44H,4-5,8-9,14-19,21-24H2,1-2H3,(H,36,40)/t30-,31-,34-/m0/s1. The van der Waals surface area contributed by atoms with Crippen molar-refractivity contribution in [1.82, 2.24) is 15.1 Å². The van der Waals surface area contributed by atoms with E-state index >= 15 is 0 Å². The van der Waals surface area contributed by atoms with Crippen LogP contribution in [0.15, 0.2) is 53.4 Å². The normalized spacial score (nSPS) is 25.7. The molecule has 2 aromatic carbocycles. The second-order valence-corrected chi connectivity index (χ2v) is 15.0. The first-order valence-electron chi connectivity index (χ1n) is 16.2. The molecule has 1 amide bonds. The molecule has 8 nitrogen and oxygen atoms in total. The molecule has 0 spiro atoms. The molecule has 240 valence electrons. The minimum Gasteiger partial charge on any atom is -0.453 e. The van der Waals surface area contributed by atoms with Crippen LogP contribution in [0.25, 0.3) is 0 Å². The summed E-state index contributed by atoms with van der Waals surface area (Å²) in [7, 11) is -1.14. The van der Waals surface area contributed by atoms with Crippen LogP contribution >= 0.6 is 0 Å². The maximum Gasteiger partial charge on any atom is 0.407 e. The highest BCUT2D eigenvalue weighted by Gasteiger charge is 2.53. The Morgan fingerprint density at radius 2 is 1.73 bits per heavy atom. The Balaban J connectivity index is 1.18. The van der Waals surface area contributed by atoms with Crippen molar-refractivity contribution in [3.05, 3.63) is 59.9 Å². The fraction of sp³-hybridized carbons (Fsp3) is 0.618. The lowest BCUT2D eigenvalue weighted by Gasteiger charge is -2.55. The predicted octanol–water partition coefficient (Wildman–Crippen LogP) is 4.50. The fourth-order valence-electron chi connectivity index (χ4n) is 8.83. The van der Waals surface area contributed by atoms with E-state index in [1.165, 1.54) is 13.5 Å². The fourth-order valence-corrected chi connectivity index (χ4v) is 9.22. The van der Waals surface area contributed by atoms with Gasteiger partial charge in [0, 0.05) is 48.7 Å². The molecule has 2 aromatic rings. The zero-order valence-electron chi connectivity index (χ0n) is 26.1. The Kier molecular flexibility index (Phi) is 9.22. The van der Waals surface area contributed by atoms with E-state index in [0.717, 1.165) is 95.7 Å². The topological polar surface area (TPSA) is 82.2 Å². The van der Waals surface area contributed by atoms with Crippen molar-refractivity contribution in [2.24, 2.45) is 17.3 Å². The molecule has 3 heterocycles. The number of ether oxygens (including phenoxy) is 1. The van der Waals surface area contributed by atoms with Gasteiger partial charge in [-0.3, -0.25) is 0 Å². The third-order valence-corrected chi connectivity index (χ3v) is 11.7. The number of benzene rings is 2. The van der Waals surface area contributed by atoms with Crippen LogP contribution in [0.2, 0.25) is 0 Å². The molecule has 3 saturated heterocycles. The summed E-state index contributed by atoms with van der Waals surface area (Å²) in [5.41, 5.74) is 2.07. The third-order valence-electron chi connectivity index (χ3n) is 11.0. The van der Waals surface area contributed by atoms with Gasteiger partial charge in [-0.2, -0.15) is 0 Å². The number of halogens is 1. The van der Waals surface area contributed by atoms with E-state index in [1.807, 2.05) is 18.2 Å². The molecule has 4 fully saturated rings. The average Bonchev–Trinajstić information content (AvgIpc) is 3.44. The number of nitrogens with zero attached hydrogens (tertiary/aromatic N) is 3. The summed E-state index contributed by atoms with van der Waals surface area (Å²) >= 11 is 0. The number of carbonyl (C=O) groups excluding carboxylic acids is 1. The molecule has 1 aliphatic carbocycles. The van der Waals surface area contributed by atoms with Gasteiger partial charge in [-0.1, -0.05) is 25.5 Å². The highest BCUT2D eigenvalue weighted by atomic mass is 32.2. The molecule has 0 unspecified atom stereocenters. The number of anilines is 1. The van der Waals surface area contributed by atoms with E-state index in [1.54, 1.807) is 24.3 Å². The molecule has 3 atom stereocenters. The van der Waals surface area contributed by atoms with Gasteiger partial charge < -0.3 is 24.8 Å². The lowest BCUT2D eigenvalue weighted by molar-refractivity contribution is 0.0159. The van der Waals surface area contributed by atoms with Crippen molar-refractivity contribution in [1.29, 1.82) is 0 Å². The molecular formula is C34H47FN4O4S. The van der Waals surface area contributed by atoms with Gasteiger partial charge >= 0.3 is 6.09 Å². The number of piperidine rings is 1. The minimum atomic E-state index is -2.56. The monoisotopic (exact) mass is 626 g/mol. The summed E-state index contributed by atoms with van der Waals surface area (Å²) in [5, 5.41) is 3.18. The highest BCUT2D eigenvalue weighted by molar-refractivity contribution is 7.72.